The number of carbonyl (C=O) groups is 1. The maximum absolute atomic E-state index is 11.7. The van der Waals surface area contributed by atoms with Crippen molar-refractivity contribution in [3.8, 4) is 12.1 Å². The van der Waals surface area contributed by atoms with Gasteiger partial charge in [0.15, 0.2) is 0 Å². The normalized spacial score (nSPS) is 10.2. The third-order valence-electron chi connectivity index (χ3n) is 2.60. The van der Waals surface area contributed by atoms with Gasteiger partial charge in [0, 0.05) is 12.7 Å². The van der Waals surface area contributed by atoms with Gasteiger partial charge in [-0.15, -0.1) is 0 Å². The minimum atomic E-state index is -0.414. The highest BCUT2D eigenvalue weighted by Crippen LogP contribution is 2.13. The van der Waals surface area contributed by atoms with Crippen molar-refractivity contribution in [3.05, 3.63) is 41.6 Å². The van der Waals surface area contributed by atoms with E-state index in [2.05, 4.69) is 10.6 Å². The van der Waals surface area contributed by atoms with E-state index in [0.717, 1.165) is 12.8 Å². The number of hydrogen-bond acceptors (Lipinski definition) is 4. The number of nitrogens with zero attached hydrogens (tertiary/aromatic N) is 2. The summed E-state index contributed by atoms with van der Waals surface area (Å²) in [5, 5.41) is 23.4. The molecular formula is C15H16N4O. The molecule has 0 aliphatic rings. The Morgan fingerprint density at radius 2 is 2.10 bits per heavy atom. The molecule has 1 rings (SSSR count). The number of nitrogens with one attached hydrogen (secondary N) is 2. The van der Waals surface area contributed by atoms with E-state index >= 15 is 0 Å². The third-order valence-corrected chi connectivity index (χ3v) is 2.60. The number of benzene rings is 1. The molecule has 0 spiro atoms. The topological polar surface area (TPSA) is 88.7 Å². The second-order valence-corrected chi connectivity index (χ2v) is 4.08. The fourth-order valence-corrected chi connectivity index (χ4v) is 1.48. The van der Waals surface area contributed by atoms with Gasteiger partial charge in [0.1, 0.15) is 17.7 Å². The monoisotopic (exact) mass is 268 g/mol. The van der Waals surface area contributed by atoms with Crippen LogP contribution in [0.2, 0.25) is 0 Å². The standard InChI is InChI=1S/C15H16N4O/c1-2-3-8-18-15(20)13(10-17)11-19-14-7-5-4-6-12(14)9-16/h4-7,11,19H,2-3,8H2,1H3,(H,18,20)/b13-11-. The summed E-state index contributed by atoms with van der Waals surface area (Å²) in [6.07, 6.45) is 3.16. The molecule has 0 bridgehead atoms. The van der Waals surface area contributed by atoms with Gasteiger partial charge in [-0.3, -0.25) is 4.79 Å². The number of carbonyl (C=O) groups excluding carboxylic acids is 1. The predicted molar refractivity (Wildman–Crippen MR) is 76.4 cm³/mol. The first-order valence-electron chi connectivity index (χ1n) is 6.37. The van der Waals surface area contributed by atoms with Gasteiger partial charge in [0.25, 0.3) is 5.91 Å². The van der Waals surface area contributed by atoms with Gasteiger partial charge < -0.3 is 10.6 Å². The van der Waals surface area contributed by atoms with E-state index in [1.165, 1.54) is 6.20 Å². The summed E-state index contributed by atoms with van der Waals surface area (Å²) in [5.74, 6) is -0.414. The number of hydrogen-bond donors (Lipinski definition) is 2. The van der Waals surface area contributed by atoms with E-state index in [1.54, 1.807) is 24.3 Å². The quantitative estimate of drug-likeness (QED) is 0.470. The zero-order valence-electron chi connectivity index (χ0n) is 11.3. The minimum absolute atomic E-state index is 0.0196. The minimum Gasteiger partial charge on any atom is -0.359 e. The summed E-state index contributed by atoms with van der Waals surface area (Å²) in [4.78, 5) is 11.7. The smallest absolute Gasteiger partial charge is 0.263 e. The average molecular weight is 268 g/mol. The Kier molecular flexibility index (Phi) is 6.36. The molecule has 5 heteroatoms. The van der Waals surface area contributed by atoms with Crippen LogP contribution in [0, 0.1) is 22.7 Å². The van der Waals surface area contributed by atoms with Gasteiger partial charge in [0.05, 0.1) is 11.3 Å². The fraction of sp³-hybridized carbons (Fsp3) is 0.267. The highest BCUT2D eigenvalue weighted by atomic mass is 16.1. The molecule has 0 unspecified atom stereocenters. The molecule has 102 valence electrons. The fourth-order valence-electron chi connectivity index (χ4n) is 1.48. The molecule has 0 aromatic heterocycles. The van der Waals surface area contributed by atoms with Crippen LogP contribution in [-0.4, -0.2) is 12.5 Å². The zero-order chi connectivity index (χ0) is 14.8. The largest absolute Gasteiger partial charge is 0.359 e. The van der Waals surface area contributed by atoms with Crippen molar-refractivity contribution in [2.45, 2.75) is 19.8 Å². The molecule has 0 aliphatic heterocycles. The molecule has 1 amide bonds. The number of para-hydroxylation sites is 1. The van der Waals surface area contributed by atoms with E-state index < -0.39 is 5.91 Å². The van der Waals surface area contributed by atoms with Crippen molar-refractivity contribution < 1.29 is 4.79 Å². The Labute approximate surface area is 118 Å². The van der Waals surface area contributed by atoms with E-state index in [9.17, 15) is 4.79 Å². The maximum Gasteiger partial charge on any atom is 0.263 e. The lowest BCUT2D eigenvalue weighted by Crippen LogP contribution is -2.25. The summed E-state index contributed by atoms with van der Waals surface area (Å²) in [5.41, 5.74) is 0.991. The highest BCUT2D eigenvalue weighted by Gasteiger charge is 2.08. The Hall–Kier alpha value is -2.79. The molecule has 5 nitrogen and oxygen atoms in total. The Bertz CT molecular complexity index is 578. The van der Waals surface area contributed by atoms with Crippen LogP contribution in [0.15, 0.2) is 36.0 Å². The van der Waals surface area contributed by atoms with E-state index in [0.29, 0.717) is 17.8 Å². The van der Waals surface area contributed by atoms with Gasteiger partial charge in [-0.2, -0.15) is 10.5 Å². The molecule has 1 aromatic rings. The molecule has 0 fully saturated rings. The van der Waals surface area contributed by atoms with Crippen molar-refractivity contribution in [2.75, 3.05) is 11.9 Å². The number of amides is 1. The molecule has 0 radical (unpaired) electrons. The lowest BCUT2D eigenvalue weighted by molar-refractivity contribution is -0.117. The van der Waals surface area contributed by atoms with Crippen LogP contribution in [0.3, 0.4) is 0 Å². The molecule has 0 saturated heterocycles. The second-order valence-electron chi connectivity index (χ2n) is 4.08. The van der Waals surface area contributed by atoms with Gasteiger partial charge >= 0.3 is 0 Å². The highest BCUT2D eigenvalue weighted by molar-refractivity contribution is 5.97. The van der Waals surface area contributed by atoms with Crippen LogP contribution in [0.25, 0.3) is 0 Å². The van der Waals surface area contributed by atoms with Crippen LogP contribution in [0.4, 0.5) is 5.69 Å². The molecule has 1 aromatic carbocycles. The molecule has 0 saturated carbocycles. The summed E-state index contributed by atoms with van der Waals surface area (Å²) in [6.45, 7) is 2.57. The van der Waals surface area contributed by atoms with Gasteiger partial charge in [0.2, 0.25) is 0 Å². The summed E-state index contributed by atoms with van der Waals surface area (Å²) >= 11 is 0. The summed E-state index contributed by atoms with van der Waals surface area (Å²) in [6, 6.07) is 10.8. The number of rotatable bonds is 6. The van der Waals surface area contributed by atoms with E-state index in [1.807, 2.05) is 19.1 Å². The van der Waals surface area contributed by atoms with Crippen LogP contribution in [0.5, 0.6) is 0 Å². The predicted octanol–water partition coefficient (Wildman–Crippen LogP) is 2.29. The van der Waals surface area contributed by atoms with Gasteiger partial charge in [-0.25, -0.2) is 0 Å². The van der Waals surface area contributed by atoms with Crippen LogP contribution in [-0.2, 0) is 4.79 Å². The van der Waals surface area contributed by atoms with Crippen LogP contribution < -0.4 is 10.6 Å². The number of nitriles is 2. The molecule has 20 heavy (non-hydrogen) atoms. The van der Waals surface area contributed by atoms with Crippen LogP contribution >= 0.6 is 0 Å². The Morgan fingerprint density at radius 3 is 2.75 bits per heavy atom. The summed E-state index contributed by atoms with van der Waals surface area (Å²) in [7, 11) is 0. The average Bonchev–Trinajstić information content (AvgIpc) is 2.48. The molecule has 2 N–H and O–H groups in total. The third kappa shape index (κ3) is 4.47. The maximum atomic E-state index is 11.7. The lowest BCUT2D eigenvalue weighted by Gasteiger charge is -2.05. The van der Waals surface area contributed by atoms with Gasteiger partial charge in [-0.05, 0) is 18.6 Å². The number of unbranched alkanes of at least 4 members (excludes halogenated alkanes) is 1. The Morgan fingerprint density at radius 1 is 1.35 bits per heavy atom. The second kappa shape index (κ2) is 8.34. The van der Waals surface area contributed by atoms with Crippen molar-refractivity contribution >= 4 is 11.6 Å². The number of anilines is 1. The SMILES string of the molecule is CCCCNC(=O)/C(C#N)=C\Nc1ccccc1C#N. The first-order valence-corrected chi connectivity index (χ1v) is 6.37. The molecular weight excluding hydrogens is 252 g/mol. The lowest BCUT2D eigenvalue weighted by atomic mass is 10.2. The first-order chi connectivity index (χ1) is 9.72. The Balaban J connectivity index is 2.73. The molecule has 0 heterocycles. The zero-order valence-corrected chi connectivity index (χ0v) is 11.3. The van der Waals surface area contributed by atoms with Crippen molar-refractivity contribution in [1.29, 1.82) is 10.5 Å². The van der Waals surface area contributed by atoms with Crippen LogP contribution in [0.1, 0.15) is 25.3 Å². The van der Waals surface area contributed by atoms with Crippen molar-refractivity contribution in [3.63, 3.8) is 0 Å². The van der Waals surface area contributed by atoms with Gasteiger partial charge in [-0.1, -0.05) is 25.5 Å². The molecule has 0 atom stereocenters. The molecule has 0 aliphatic carbocycles. The van der Waals surface area contributed by atoms with Crippen molar-refractivity contribution in [1.82, 2.24) is 5.32 Å². The van der Waals surface area contributed by atoms with Crippen molar-refractivity contribution in [2.24, 2.45) is 0 Å². The van der Waals surface area contributed by atoms with E-state index in [-0.39, 0.29) is 5.57 Å². The first kappa shape index (κ1) is 15.3. The summed E-state index contributed by atoms with van der Waals surface area (Å²) < 4.78 is 0. The van der Waals surface area contributed by atoms with E-state index in [4.69, 9.17) is 10.5 Å².